The van der Waals surface area contributed by atoms with Crippen LogP contribution in [0, 0.1) is 5.92 Å². The smallest absolute Gasteiger partial charge is 0.254 e. The van der Waals surface area contributed by atoms with E-state index in [2.05, 4.69) is 41.9 Å². The lowest BCUT2D eigenvalue weighted by Crippen LogP contribution is -2.60. The van der Waals surface area contributed by atoms with Gasteiger partial charge in [-0.3, -0.25) is 48.3 Å². The summed E-state index contributed by atoms with van der Waals surface area (Å²) in [5.74, 6) is -4.65. The molecule has 3 aliphatic rings. The zero-order valence-electron chi connectivity index (χ0n) is 39.7. The molecule has 0 bridgehead atoms. The second-order valence-electron chi connectivity index (χ2n) is 17.8. The number of carbonyl (C=O) groups is 8. The highest BCUT2D eigenvalue weighted by Gasteiger charge is 2.38. The number of hydrogen-bond donors (Lipinski definition) is 12. The molecule has 2 saturated heterocycles. The van der Waals surface area contributed by atoms with E-state index in [0.29, 0.717) is 44.3 Å². The zero-order valence-corrected chi connectivity index (χ0v) is 41.4. The summed E-state index contributed by atoms with van der Waals surface area (Å²) < 4.78 is 0. The summed E-state index contributed by atoms with van der Waals surface area (Å²) >= 11 is 0. The number of guanidine groups is 2. The lowest BCUT2D eigenvalue weighted by atomic mass is 9.84. The van der Waals surface area contributed by atoms with Gasteiger partial charge in [-0.25, -0.2) is 0 Å². The van der Waals surface area contributed by atoms with Crippen molar-refractivity contribution >= 4 is 80.8 Å². The van der Waals surface area contributed by atoms with Crippen LogP contribution in [0.5, 0.6) is 0 Å². The van der Waals surface area contributed by atoms with Gasteiger partial charge in [0.25, 0.3) is 5.91 Å². The van der Waals surface area contributed by atoms with Gasteiger partial charge in [0.05, 0.1) is 0 Å². The molecule has 18 N–H and O–H groups in total. The van der Waals surface area contributed by atoms with Gasteiger partial charge in [0, 0.05) is 36.7 Å². The number of hydrogen-bond acceptors (Lipinski definition) is 13. The predicted octanol–water partition coefficient (Wildman–Crippen LogP) is -1.71. The number of benzene rings is 1. The summed E-state index contributed by atoms with van der Waals surface area (Å²) in [6.45, 7) is 0.884. The van der Waals surface area contributed by atoms with Crippen LogP contribution in [-0.2, 0) is 33.6 Å². The minimum absolute atomic E-state index is 0.00517. The fourth-order valence-corrected chi connectivity index (χ4v) is 10.9. The average Bonchev–Trinajstić information content (AvgIpc) is 3.83. The molecule has 7 atom stereocenters. The van der Waals surface area contributed by atoms with Crippen molar-refractivity contribution in [3.8, 4) is 0 Å². The number of primary amides is 1. The molecular weight excluding hydrogens is 943 g/mol. The summed E-state index contributed by atoms with van der Waals surface area (Å²) in [5.41, 5.74) is 33.9. The van der Waals surface area contributed by atoms with Crippen LogP contribution in [0.15, 0.2) is 40.3 Å². The van der Waals surface area contributed by atoms with Gasteiger partial charge in [0.2, 0.25) is 41.4 Å². The molecule has 1 aromatic carbocycles. The first-order valence-corrected chi connectivity index (χ1v) is 26.6. The molecule has 25 heteroatoms. The lowest BCUT2D eigenvalue weighted by Gasteiger charge is -2.30. The van der Waals surface area contributed by atoms with Gasteiger partial charge >= 0.3 is 0 Å². The molecule has 3 fully saturated rings. The molecule has 2 heterocycles. The fraction of sp³-hybridized carbons (Fsp3) is 0.644. The minimum Gasteiger partial charge on any atom is -0.370 e. The number of rotatable bonds is 26. The number of nitrogens with two attached hydrogens (primary N) is 6. The third-order valence-electron chi connectivity index (χ3n) is 12.3. The van der Waals surface area contributed by atoms with Gasteiger partial charge in [0.1, 0.15) is 42.3 Å². The molecule has 70 heavy (non-hydrogen) atoms. The molecule has 1 aliphatic carbocycles. The Bertz CT molecular complexity index is 1990. The molecule has 0 radical (unpaired) electrons. The first kappa shape index (κ1) is 56.8. The highest BCUT2D eigenvalue weighted by Crippen LogP contribution is 2.29. The van der Waals surface area contributed by atoms with Crippen molar-refractivity contribution in [1.82, 2.24) is 36.8 Å². The van der Waals surface area contributed by atoms with Crippen molar-refractivity contribution in [2.75, 3.05) is 37.7 Å². The average molecular weight is 1020 g/mol. The summed E-state index contributed by atoms with van der Waals surface area (Å²) in [4.78, 5) is 119. The van der Waals surface area contributed by atoms with Gasteiger partial charge in [-0.15, -0.1) is 0 Å². The van der Waals surface area contributed by atoms with Gasteiger partial charge in [0.15, 0.2) is 11.9 Å². The number of likely N-dealkylation sites (tertiary alicyclic amines) is 1. The fourth-order valence-electron chi connectivity index (χ4n) is 8.56. The van der Waals surface area contributed by atoms with E-state index in [1.807, 2.05) is 0 Å². The van der Waals surface area contributed by atoms with Crippen molar-refractivity contribution in [2.45, 2.75) is 139 Å². The van der Waals surface area contributed by atoms with Gasteiger partial charge in [-0.1, -0.05) is 71.9 Å². The maximum Gasteiger partial charge on any atom is 0.254 e. The van der Waals surface area contributed by atoms with E-state index >= 15 is 0 Å². The Morgan fingerprint density at radius 3 is 1.80 bits per heavy atom. The quantitative estimate of drug-likeness (QED) is 0.0213. The summed E-state index contributed by atoms with van der Waals surface area (Å²) in [6.07, 6.45) is 7.45. The maximum absolute atomic E-state index is 14.4. The van der Waals surface area contributed by atoms with Crippen LogP contribution in [0.2, 0.25) is 0 Å². The van der Waals surface area contributed by atoms with Crippen molar-refractivity contribution in [3.05, 3.63) is 35.9 Å². The zero-order chi connectivity index (χ0) is 51.0. The van der Waals surface area contributed by atoms with E-state index in [0.717, 1.165) is 32.1 Å². The Balaban J connectivity index is 1.57. The molecule has 4 rings (SSSR count). The number of amides is 8. The Morgan fingerprint density at radius 1 is 0.671 bits per heavy atom. The van der Waals surface area contributed by atoms with Crippen molar-refractivity contribution < 1.29 is 38.4 Å². The third-order valence-corrected chi connectivity index (χ3v) is 14.8. The van der Waals surface area contributed by atoms with Crippen molar-refractivity contribution in [1.29, 1.82) is 0 Å². The van der Waals surface area contributed by atoms with Crippen LogP contribution in [0.4, 0.5) is 0 Å². The monoisotopic (exact) mass is 1020 g/mol. The molecule has 1 aromatic rings. The summed E-state index contributed by atoms with van der Waals surface area (Å²) in [5, 5.41) is 16.6. The minimum atomic E-state index is -1.27. The molecule has 0 aromatic heterocycles. The lowest BCUT2D eigenvalue weighted by molar-refractivity contribution is -0.136. The van der Waals surface area contributed by atoms with Crippen LogP contribution in [0.1, 0.15) is 107 Å². The van der Waals surface area contributed by atoms with Crippen LogP contribution in [0.25, 0.3) is 0 Å². The topological polar surface area (TPSA) is 393 Å². The SMILES string of the molecule is NCCCC[C@H](NC(=O)[C@@H](CCCN=C(N)N)NC(=O)[C@@H](CCCN=C(N)N)NC(=O)[C@@H]1CCCN1C(=O)c1ccccc1)C(=O)N[C@@H](CC1CCCCC1)C(=O)N[C@H]1CSSC[C@@H](C(N)=O)NC1=O. The van der Waals surface area contributed by atoms with Gasteiger partial charge in [-0.05, 0) is 88.8 Å². The first-order chi connectivity index (χ1) is 33.6. The van der Waals surface area contributed by atoms with Crippen LogP contribution in [0.3, 0.4) is 0 Å². The second-order valence-corrected chi connectivity index (χ2v) is 20.3. The number of carbonyl (C=O) groups excluding carboxylic acids is 8. The molecule has 0 spiro atoms. The number of unbranched alkanes of at least 4 members (excludes halogenated alkanes) is 1. The van der Waals surface area contributed by atoms with Gasteiger partial charge < -0.3 is 71.2 Å². The molecule has 2 aliphatic heterocycles. The van der Waals surface area contributed by atoms with E-state index in [1.165, 1.54) is 26.5 Å². The summed E-state index contributed by atoms with van der Waals surface area (Å²) in [6, 6.07) is 0.974. The Kier molecular flexibility index (Phi) is 24.4. The molecule has 23 nitrogen and oxygen atoms in total. The van der Waals surface area contributed by atoms with Crippen LogP contribution < -0.4 is 66.3 Å². The summed E-state index contributed by atoms with van der Waals surface area (Å²) in [7, 11) is 2.64. The second kappa shape index (κ2) is 30.0. The Hall–Kier alpha value is -5.82. The van der Waals surface area contributed by atoms with Crippen LogP contribution >= 0.6 is 21.6 Å². The van der Waals surface area contributed by atoms with E-state index < -0.39 is 83.6 Å². The molecule has 8 amide bonds. The molecule has 388 valence electrons. The van der Waals surface area contributed by atoms with E-state index in [1.54, 1.807) is 30.3 Å². The number of nitrogens with one attached hydrogen (secondary N) is 6. The molecule has 0 unspecified atom stereocenters. The predicted molar refractivity (Wildman–Crippen MR) is 270 cm³/mol. The van der Waals surface area contributed by atoms with Crippen molar-refractivity contribution in [2.24, 2.45) is 50.3 Å². The maximum atomic E-state index is 14.4. The highest BCUT2D eigenvalue weighted by molar-refractivity contribution is 8.76. The largest absolute Gasteiger partial charge is 0.370 e. The highest BCUT2D eigenvalue weighted by atomic mass is 33.1. The van der Waals surface area contributed by atoms with E-state index in [9.17, 15) is 38.4 Å². The molecule has 1 saturated carbocycles. The Labute approximate surface area is 416 Å². The third kappa shape index (κ3) is 19.2. The number of nitrogens with zero attached hydrogens (tertiary/aromatic N) is 3. The van der Waals surface area contributed by atoms with E-state index in [-0.39, 0.29) is 86.9 Å². The molecular formula is C45H73N15O8S2. The van der Waals surface area contributed by atoms with Crippen molar-refractivity contribution in [3.63, 3.8) is 0 Å². The first-order valence-electron chi connectivity index (χ1n) is 24.1. The normalized spacial score (nSPS) is 20.1. The van der Waals surface area contributed by atoms with E-state index in [4.69, 9.17) is 34.4 Å². The van der Waals surface area contributed by atoms with Crippen LogP contribution in [-0.4, -0.2) is 144 Å². The standard InChI is InChI=1S/C45H73N15O8S2/c46-20-8-7-16-29(39(64)57-32(24-27-12-3-1-4-13-27)40(65)59-34-26-70-69-25-33(36(47)61)58-41(34)66)54-37(62)30(17-9-21-52-44(48)49)55-38(63)31(18-10-22-53-45(50)51)56-42(67)35-19-11-23-60(35)43(68)28-14-5-2-6-15-28/h2,5-6,14-15,27,29-35H,1,3-4,7-13,16-26,46H2,(H2,47,61)(H,54,62)(H,55,63)(H,56,67)(H,57,64)(H,58,66)(H,59,65)(H4,48,49,52)(H4,50,51,53)/t29-,30+,31+,32-,33-,34-,35-/m0/s1. The van der Waals surface area contributed by atoms with Gasteiger partial charge in [-0.2, -0.15) is 0 Å². The Morgan fingerprint density at radius 2 is 1.23 bits per heavy atom. The number of aliphatic imine (C=N–C) groups is 2.